The second-order valence-corrected chi connectivity index (χ2v) is 6.05. The van der Waals surface area contributed by atoms with Crippen LogP contribution in [0.5, 0.6) is 0 Å². The lowest BCUT2D eigenvalue weighted by atomic mass is 10.0. The second-order valence-electron chi connectivity index (χ2n) is 6.05. The number of rotatable bonds is 9. The lowest BCUT2D eigenvalue weighted by molar-refractivity contribution is -0.131. The highest BCUT2D eigenvalue weighted by Crippen LogP contribution is 2.08. The summed E-state index contributed by atoms with van der Waals surface area (Å²) >= 11 is 0. The van der Waals surface area contributed by atoms with Gasteiger partial charge >= 0.3 is 0 Å². The van der Waals surface area contributed by atoms with E-state index in [0.717, 1.165) is 0 Å². The van der Waals surface area contributed by atoms with Gasteiger partial charge in [-0.3, -0.25) is 14.4 Å². The number of carbonyl (C=O) groups excluding carboxylic acids is 3. The van der Waals surface area contributed by atoms with Crippen molar-refractivity contribution in [2.75, 3.05) is 6.54 Å². The third-order valence-corrected chi connectivity index (χ3v) is 2.91. The number of amides is 3. The minimum Gasteiger partial charge on any atom is -0.368 e. The largest absolute Gasteiger partial charge is 0.368 e. The first-order valence-electron chi connectivity index (χ1n) is 7.26. The van der Waals surface area contributed by atoms with Gasteiger partial charge in [-0.15, -0.1) is 0 Å². The van der Waals surface area contributed by atoms with Crippen molar-refractivity contribution in [2.45, 2.75) is 52.6 Å². The van der Waals surface area contributed by atoms with Crippen LogP contribution in [0, 0.1) is 11.8 Å². The van der Waals surface area contributed by atoms with Crippen LogP contribution in [-0.4, -0.2) is 36.3 Å². The zero-order valence-electron chi connectivity index (χ0n) is 13.3. The third-order valence-electron chi connectivity index (χ3n) is 2.91. The van der Waals surface area contributed by atoms with Gasteiger partial charge < -0.3 is 22.1 Å². The molecule has 7 nitrogen and oxygen atoms in total. The molecule has 3 amide bonds. The summed E-state index contributed by atoms with van der Waals surface area (Å²) < 4.78 is 0. The molecule has 6 N–H and O–H groups in total. The molecule has 7 heteroatoms. The Bertz CT molecular complexity index is 369. The lowest BCUT2D eigenvalue weighted by Crippen LogP contribution is -2.54. The molecule has 0 radical (unpaired) electrons. The van der Waals surface area contributed by atoms with E-state index in [1.807, 2.05) is 27.7 Å². The first kappa shape index (κ1) is 19.4. The number of hydrogen-bond donors (Lipinski definition) is 4. The van der Waals surface area contributed by atoms with E-state index in [4.69, 9.17) is 11.5 Å². The van der Waals surface area contributed by atoms with Crippen LogP contribution in [0.3, 0.4) is 0 Å². The molecule has 0 heterocycles. The quantitative estimate of drug-likeness (QED) is 0.457. The smallest absolute Gasteiger partial charge is 0.243 e. The Hall–Kier alpha value is -1.63. The average molecular weight is 300 g/mol. The molecule has 0 aliphatic rings. The van der Waals surface area contributed by atoms with Gasteiger partial charge in [0.25, 0.3) is 0 Å². The van der Waals surface area contributed by atoms with Gasteiger partial charge in [0, 0.05) is 0 Å². The SMILES string of the molecule is CC(C)C[C@H](NC(=O)[C@H](CC(C)C)NC(=O)CN)C(N)=O. The van der Waals surface area contributed by atoms with E-state index in [1.165, 1.54) is 0 Å². The molecule has 0 aliphatic carbocycles. The normalized spacial score (nSPS) is 13.9. The zero-order valence-corrected chi connectivity index (χ0v) is 13.3. The fourth-order valence-electron chi connectivity index (χ4n) is 1.95. The third kappa shape index (κ3) is 8.29. The van der Waals surface area contributed by atoms with Crippen molar-refractivity contribution in [3.05, 3.63) is 0 Å². The first-order chi connectivity index (χ1) is 9.67. The summed E-state index contributed by atoms with van der Waals surface area (Å²) in [4.78, 5) is 35.0. The van der Waals surface area contributed by atoms with E-state index in [1.54, 1.807) is 0 Å². The predicted octanol–water partition coefficient (Wildman–Crippen LogP) is -0.508. The summed E-state index contributed by atoms with van der Waals surface area (Å²) in [5.74, 6) is -0.975. The van der Waals surface area contributed by atoms with Crippen LogP contribution in [0.15, 0.2) is 0 Å². The number of carbonyl (C=O) groups is 3. The lowest BCUT2D eigenvalue weighted by Gasteiger charge is -2.23. The highest BCUT2D eigenvalue weighted by atomic mass is 16.2. The molecule has 0 unspecified atom stereocenters. The van der Waals surface area contributed by atoms with E-state index < -0.39 is 29.8 Å². The van der Waals surface area contributed by atoms with E-state index in [-0.39, 0.29) is 18.4 Å². The van der Waals surface area contributed by atoms with Gasteiger partial charge in [-0.1, -0.05) is 27.7 Å². The van der Waals surface area contributed by atoms with Gasteiger partial charge in [-0.05, 0) is 24.7 Å². The van der Waals surface area contributed by atoms with Crippen molar-refractivity contribution in [2.24, 2.45) is 23.3 Å². The first-order valence-corrected chi connectivity index (χ1v) is 7.26. The Morgan fingerprint density at radius 1 is 0.905 bits per heavy atom. The summed E-state index contributed by atoms with van der Waals surface area (Å²) in [5, 5.41) is 5.18. The topological polar surface area (TPSA) is 127 Å². The van der Waals surface area contributed by atoms with Crippen molar-refractivity contribution in [3.63, 3.8) is 0 Å². The van der Waals surface area contributed by atoms with Crippen molar-refractivity contribution >= 4 is 17.7 Å². The fourth-order valence-corrected chi connectivity index (χ4v) is 1.95. The number of hydrogen-bond acceptors (Lipinski definition) is 4. The van der Waals surface area contributed by atoms with E-state index in [2.05, 4.69) is 10.6 Å². The van der Waals surface area contributed by atoms with E-state index >= 15 is 0 Å². The fraction of sp³-hybridized carbons (Fsp3) is 0.786. The summed E-state index contributed by atoms with van der Waals surface area (Å²) in [6, 6.07) is -1.45. The van der Waals surface area contributed by atoms with Gasteiger partial charge in [0.15, 0.2) is 0 Å². The number of nitrogens with two attached hydrogens (primary N) is 2. The molecule has 122 valence electrons. The Morgan fingerprint density at radius 2 is 1.38 bits per heavy atom. The standard InChI is InChI=1S/C14H28N4O3/c1-8(2)5-10(13(16)20)18-14(21)11(6-9(3)4)17-12(19)7-15/h8-11H,5-7,15H2,1-4H3,(H2,16,20)(H,17,19)(H,18,21)/t10-,11-/m0/s1. The van der Waals surface area contributed by atoms with Crippen LogP contribution in [0.2, 0.25) is 0 Å². The molecule has 2 atom stereocenters. The summed E-state index contributed by atoms with van der Waals surface area (Å²) in [5.41, 5.74) is 10.5. The van der Waals surface area contributed by atoms with Crippen LogP contribution in [0.1, 0.15) is 40.5 Å². The molecule has 0 aromatic carbocycles. The van der Waals surface area contributed by atoms with Gasteiger partial charge in [-0.2, -0.15) is 0 Å². The van der Waals surface area contributed by atoms with Gasteiger partial charge in [-0.25, -0.2) is 0 Å². The Balaban J connectivity index is 4.83. The maximum absolute atomic E-state index is 12.3. The second kappa shape index (κ2) is 9.33. The van der Waals surface area contributed by atoms with Crippen LogP contribution in [0.4, 0.5) is 0 Å². The van der Waals surface area contributed by atoms with Crippen LogP contribution in [0.25, 0.3) is 0 Å². The molecular formula is C14H28N4O3. The molecule has 0 aromatic heterocycles. The Kier molecular flexibility index (Phi) is 8.61. The average Bonchev–Trinajstić information content (AvgIpc) is 2.35. The summed E-state index contributed by atoms with van der Waals surface area (Å²) in [6.07, 6.45) is 0.922. The van der Waals surface area contributed by atoms with Gasteiger partial charge in [0.1, 0.15) is 12.1 Å². The van der Waals surface area contributed by atoms with E-state index in [9.17, 15) is 14.4 Å². The van der Waals surface area contributed by atoms with Gasteiger partial charge in [0.2, 0.25) is 17.7 Å². The predicted molar refractivity (Wildman–Crippen MR) is 81.0 cm³/mol. The Morgan fingerprint density at radius 3 is 1.76 bits per heavy atom. The number of primary amides is 1. The molecule has 0 aromatic rings. The van der Waals surface area contributed by atoms with Crippen LogP contribution >= 0.6 is 0 Å². The molecule has 21 heavy (non-hydrogen) atoms. The maximum Gasteiger partial charge on any atom is 0.243 e. The monoisotopic (exact) mass is 300 g/mol. The molecule has 0 rings (SSSR count). The molecule has 0 bridgehead atoms. The molecule has 0 fully saturated rings. The molecule has 0 saturated heterocycles. The van der Waals surface area contributed by atoms with Crippen molar-refractivity contribution in [3.8, 4) is 0 Å². The summed E-state index contributed by atoms with van der Waals surface area (Å²) in [7, 11) is 0. The number of nitrogens with one attached hydrogen (secondary N) is 2. The molecule has 0 aliphatic heterocycles. The Labute approximate surface area is 126 Å². The highest BCUT2D eigenvalue weighted by Gasteiger charge is 2.26. The van der Waals surface area contributed by atoms with E-state index in [0.29, 0.717) is 12.8 Å². The zero-order chi connectivity index (χ0) is 16.6. The van der Waals surface area contributed by atoms with Crippen LogP contribution in [-0.2, 0) is 14.4 Å². The minimum atomic E-state index is -0.734. The van der Waals surface area contributed by atoms with Crippen molar-refractivity contribution < 1.29 is 14.4 Å². The molecule has 0 saturated carbocycles. The van der Waals surface area contributed by atoms with Crippen molar-refractivity contribution in [1.29, 1.82) is 0 Å². The maximum atomic E-state index is 12.3. The molecule has 0 spiro atoms. The van der Waals surface area contributed by atoms with Gasteiger partial charge in [0.05, 0.1) is 6.54 Å². The summed E-state index contributed by atoms with van der Waals surface area (Å²) in [6.45, 7) is 7.56. The van der Waals surface area contributed by atoms with Crippen molar-refractivity contribution in [1.82, 2.24) is 10.6 Å². The van der Waals surface area contributed by atoms with Crippen LogP contribution < -0.4 is 22.1 Å². The minimum absolute atomic E-state index is 0.187. The highest BCUT2D eigenvalue weighted by molar-refractivity contribution is 5.91. The molecular weight excluding hydrogens is 272 g/mol.